The van der Waals surface area contributed by atoms with Crippen LogP contribution in [0.3, 0.4) is 0 Å². The molecule has 1 nitrogen and oxygen atoms in total. The van der Waals surface area contributed by atoms with Crippen LogP contribution in [0.15, 0.2) is 0 Å². The number of ether oxygens (including phenoxy) is 1. The van der Waals surface area contributed by atoms with Crippen molar-refractivity contribution in [1.29, 1.82) is 0 Å². The standard InChI is InChI=1S/C6H6F8O/c7-3(6(12,13)14)1-15-2-5(10,11)4(8)9/h3-4H,1-2H2. The molecular formula is C6H6F8O. The van der Waals surface area contributed by atoms with E-state index in [9.17, 15) is 35.1 Å². The van der Waals surface area contributed by atoms with Crippen LogP contribution in [0.25, 0.3) is 0 Å². The molecule has 1 unspecified atom stereocenters. The van der Waals surface area contributed by atoms with Crippen molar-refractivity contribution < 1.29 is 39.9 Å². The van der Waals surface area contributed by atoms with Crippen LogP contribution < -0.4 is 0 Å². The van der Waals surface area contributed by atoms with Crippen molar-refractivity contribution in [2.75, 3.05) is 13.2 Å². The maximum Gasteiger partial charge on any atom is 0.421 e. The number of alkyl halides is 8. The minimum Gasteiger partial charge on any atom is -0.372 e. The van der Waals surface area contributed by atoms with E-state index in [4.69, 9.17) is 0 Å². The van der Waals surface area contributed by atoms with Crippen molar-refractivity contribution in [2.45, 2.75) is 24.7 Å². The average molecular weight is 246 g/mol. The smallest absolute Gasteiger partial charge is 0.372 e. The Bertz CT molecular complexity index is 188. The highest BCUT2D eigenvalue weighted by atomic mass is 19.4. The Morgan fingerprint density at radius 2 is 1.40 bits per heavy atom. The van der Waals surface area contributed by atoms with E-state index in [1.54, 1.807) is 0 Å². The molecule has 15 heavy (non-hydrogen) atoms. The highest BCUT2D eigenvalue weighted by molar-refractivity contribution is 4.70. The van der Waals surface area contributed by atoms with Gasteiger partial charge in [-0.25, -0.2) is 13.2 Å². The lowest BCUT2D eigenvalue weighted by Gasteiger charge is -2.17. The molecule has 0 radical (unpaired) electrons. The maximum atomic E-state index is 12.0. The first-order chi connectivity index (χ1) is 6.57. The molecule has 0 aromatic rings. The molecule has 0 saturated carbocycles. The second kappa shape index (κ2) is 4.95. The third-order valence-corrected chi connectivity index (χ3v) is 1.23. The van der Waals surface area contributed by atoms with Crippen molar-refractivity contribution >= 4 is 0 Å². The zero-order valence-corrected chi connectivity index (χ0v) is 7.00. The summed E-state index contributed by atoms with van der Waals surface area (Å²) in [6, 6.07) is 0. The maximum absolute atomic E-state index is 12.0. The van der Waals surface area contributed by atoms with Crippen LogP contribution in [-0.4, -0.2) is 37.9 Å². The minimum absolute atomic E-state index is 1.73. The van der Waals surface area contributed by atoms with Crippen LogP contribution in [0.4, 0.5) is 35.1 Å². The van der Waals surface area contributed by atoms with E-state index >= 15 is 0 Å². The SMILES string of the molecule is FC(COCC(F)(F)C(F)F)C(F)(F)F. The average Bonchev–Trinajstić information content (AvgIpc) is 2.01. The summed E-state index contributed by atoms with van der Waals surface area (Å²) < 4.78 is 96.7. The molecule has 0 amide bonds. The Kier molecular flexibility index (Phi) is 4.75. The molecule has 0 rings (SSSR count). The van der Waals surface area contributed by atoms with Gasteiger partial charge in [-0.2, -0.15) is 22.0 Å². The molecule has 0 spiro atoms. The lowest BCUT2D eigenvalue weighted by atomic mass is 10.3. The Balaban J connectivity index is 3.90. The predicted molar refractivity (Wildman–Crippen MR) is 32.7 cm³/mol. The number of hydrogen-bond donors (Lipinski definition) is 0. The monoisotopic (exact) mass is 246 g/mol. The Labute approximate surface area is 79.0 Å². The fourth-order valence-electron chi connectivity index (χ4n) is 0.456. The van der Waals surface area contributed by atoms with Crippen molar-refractivity contribution in [3.8, 4) is 0 Å². The molecule has 0 aliphatic rings. The molecular weight excluding hydrogens is 240 g/mol. The van der Waals surface area contributed by atoms with E-state index in [2.05, 4.69) is 4.74 Å². The molecule has 0 heterocycles. The first-order valence-electron chi connectivity index (χ1n) is 3.52. The summed E-state index contributed by atoms with van der Waals surface area (Å²) in [6.07, 6.45) is -12.8. The van der Waals surface area contributed by atoms with Gasteiger partial charge in [0.05, 0.1) is 6.61 Å². The topological polar surface area (TPSA) is 9.23 Å². The minimum atomic E-state index is -5.25. The highest BCUT2D eigenvalue weighted by Crippen LogP contribution is 2.25. The summed E-state index contributed by atoms with van der Waals surface area (Å²) in [4.78, 5) is 0. The third-order valence-electron chi connectivity index (χ3n) is 1.23. The van der Waals surface area contributed by atoms with E-state index in [1.165, 1.54) is 0 Å². The molecule has 9 heteroatoms. The summed E-state index contributed by atoms with van der Waals surface area (Å²) in [6.45, 7) is -3.69. The molecule has 1 atom stereocenters. The molecule has 0 aliphatic heterocycles. The zero-order valence-electron chi connectivity index (χ0n) is 7.00. The summed E-state index contributed by atoms with van der Waals surface area (Å²) in [5.41, 5.74) is 0. The van der Waals surface area contributed by atoms with Crippen LogP contribution >= 0.6 is 0 Å². The van der Waals surface area contributed by atoms with Gasteiger partial charge in [-0.1, -0.05) is 0 Å². The largest absolute Gasteiger partial charge is 0.421 e. The van der Waals surface area contributed by atoms with Crippen LogP contribution in [0, 0.1) is 0 Å². The molecule has 0 aromatic heterocycles. The van der Waals surface area contributed by atoms with Gasteiger partial charge in [0.15, 0.2) is 0 Å². The van der Waals surface area contributed by atoms with Gasteiger partial charge in [-0.3, -0.25) is 0 Å². The van der Waals surface area contributed by atoms with E-state index in [0.29, 0.717) is 0 Å². The number of halogens is 8. The summed E-state index contributed by atoms with van der Waals surface area (Å²) in [7, 11) is 0. The second-order valence-electron chi connectivity index (χ2n) is 2.59. The van der Waals surface area contributed by atoms with Gasteiger partial charge >= 0.3 is 18.5 Å². The van der Waals surface area contributed by atoms with Crippen molar-refractivity contribution in [3.05, 3.63) is 0 Å². The highest BCUT2D eigenvalue weighted by Gasteiger charge is 2.44. The molecule has 0 aromatic carbocycles. The Morgan fingerprint density at radius 1 is 0.933 bits per heavy atom. The summed E-state index contributed by atoms with van der Waals surface area (Å²) in [5, 5.41) is 0. The van der Waals surface area contributed by atoms with Crippen molar-refractivity contribution in [2.24, 2.45) is 0 Å². The van der Waals surface area contributed by atoms with E-state index < -0.39 is 37.9 Å². The molecule has 0 N–H and O–H groups in total. The molecule has 0 aliphatic carbocycles. The predicted octanol–water partition coefficient (Wildman–Crippen LogP) is 2.80. The Morgan fingerprint density at radius 3 is 1.73 bits per heavy atom. The fourth-order valence-corrected chi connectivity index (χ4v) is 0.456. The lowest BCUT2D eigenvalue weighted by Crippen LogP contribution is -2.35. The van der Waals surface area contributed by atoms with Gasteiger partial charge < -0.3 is 4.74 Å². The van der Waals surface area contributed by atoms with Gasteiger partial charge in [-0.05, 0) is 0 Å². The second-order valence-corrected chi connectivity index (χ2v) is 2.59. The van der Waals surface area contributed by atoms with E-state index in [1.807, 2.05) is 0 Å². The van der Waals surface area contributed by atoms with Crippen LogP contribution in [0.2, 0.25) is 0 Å². The number of hydrogen-bond acceptors (Lipinski definition) is 1. The lowest BCUT2D eigenvalue weighted by molar-refractivity contribution is -0.210. The normalized spacial score (nSPS) is 15.8. The van der Waals surface area contributed by atoms with E-state index in [-0.39, 0.29) is 0 Å². The van der Waals surface area contributed by atoms with Gasteiger partial charge in [0.2, 0.25) is 6.17 Å². The van der Waals surface area contributed by atoms with Gasteiger partial charge in [0.25, 0.3) is 0 Å². The summed E-state index contributed by atoms with van der Waals surface area (Å²) in [5.74, 6) is -4.58. The van der Waals surface area contributed by atoms with Gasteiger partial charge in [0, 0.05) is 0 Å². The molecule has 0 bridgehead atoms. The van der Waals surface area contributed by atoms with Crippen LogP contribution in [0.1, 0.15) is 0 Å². The van der Waals surface area contributed by atoms with Crippen molar-refractivity contribution in [3.63, 3.8) is 0 Å². The fraction of sp³-hybridized carbons (Fsp3) is 1.00. The Hall–Kier alpha value is -0.600. The first kappa shape index (κ1) is 14.4. The van der Waals surface area contributed by atoms with Gasteiger partial charge in [-0.15, -0.1) is 0 Å². The quantitative estimate of drug-likeness (QED) is 0.678. The molecule has 0 fully saturated rings. The van der Waals surface area contributed by atoms with Crippen LogP contribution in [0.5, 0.6) is 0 Å². The van der Waals surface area contributed by atoms with E-state index in [0.717, 1.165) is 0 Å². The van der Waals surface area contributed by atoms with Gasteiger partial charge in [0.1, 0.15) is 6.61 Å². The zero-order chi connectivity index (χ0) is 12.3. The molecule has 92 valence electrons. The third kappa shape index (κ3) is 5.14. The summed E-state index contributed by atoms with van der Waals surface area (Å²) >= 11 is 0. The number of rotatable bonds is 5. The van der Waals surface area contributed by atoms with Crippen molar-refractivity contribution in [1.82, 2.24) is 0 Å². The molecule has 0 saturated heterocycles. The first-order valence-corrected chi connectivity index (χ1v) is 3.52. The van der Waals surface area contributed by atoms with Crippen LogP contribution in [-0.2, 0) is 4.74 Å².